The zero-order chi connectivity index (χ0) is 26.8. The third-order valence-electron chi connectivity index (χ3n) is 5.26. The molecule has 0 bridgehead atoms. The number of aromatic nitrogens is 3. The third-order valence-corrected chi connectivity index (χ3v) is 5.58. The van der Waals surface area contributed by atoms with Crippen LogP contribution in [-0.2, 0) is 31.8 Å². The second-order valence-corrected chi connectivity index (χ2v) is 8.35. The van der Waals surface area contributed by atoms with Crippen LogP contribution in [0.3, 0.4) is 0 Å². The lowest BCUT2D eigenvalue weighted by atomic mass is 9.73. The third kappa shape index (κ3) is 5.40. The van der Waals surface area contributed by atoms with Crippen molar-refractivity contribution in [2.45, 2.75) is 38.6 Å². The predicted octanol–water partition coefficient (Wildman–Crippen LogP) is 4.29. The van der Waals surface area contributed by atoms with E-state index in [1.165, 1.54) is 20.2 Å². The molecule has 0 saturated heterocycles. The maximum Gasteiger partial charge on any atom is 0.418 e. The molecule has 0 aliphatic carbocycles. The fraction of sp³-hybridized carbons (Fsp3) is 0.409. The smallest absolute Gasteiger partial charge is 0.418 e. The van der Waals surface area contributed by atoms with Gasteiger partial charge in [-0.25, -0.2) is 23.2 Å². The number of hydrogen-bond donors (Lipinski definition) is 0. The van der Waals surface area contributed by atoms with Crippen molar-refractivity contribution in [1.29, 1.82) is 0 Å². The summed E-state index contributed by atoms with van der Waals surface area (Å²) in [5, 5.41) is 2.97. The molecule has 0 amide bonds. The number of allylic oxidation sites excluding steroid dienone is 1. The zero-order valence-corrected chi connectivity index (χ0v) is 19.9. The first-order valence-electron chi connectivity index (χ1n) is 10.4. The number of rotatable bonds is 7. The Morgan fingerprint density at radius 3 is 2.47 bits per heavy atom. The molecule has 0 spiro atoms. The lowest BCUT2D eigenvalue weighted by Crippen LogP contribution is -2.40. The summed E-state index contributed by atoms with van der Waals surface area (Å²) in [6, 6.07) is 1.35. The standard InChI is InChI=1S/C22H20ClF5N4O4/c1-10(2)36-21(34)17-14(7-32-9-29-8-30-32)31-13(6-24)16(20(33)35-3)18(17)15-12(25)5-4-11(23)19(15)22(26,27)28/h4-5,8-10,16,18H,6-7H2,1-3H3. The van der Waals surface area contributed by atoms with E-state index >= 15 is 4.39 Å². The van der Waals surface area contributed by atoms with E-state index in [1.807, 2.05) is 0 Å². The maximum absolute atomic E-state index is 15.3. The molecule has 1 aliphatic rings. The Balaban J connectivity index is 2.45. The van der Waals surface area contributed by atoms with Gasteiger partial charge in [-0.2, -0.15) is 18.3 Å². The van der Waals surface area contributed by atoms with Crippen LogP contribution in [0.2, 0.25) is 5.02 Å². The van der Waals surface area contributed by atoms with Crippen molar-refractivity contribution in [2.24, 2.45) is 10.9 Å². The van der Waals surface area contributed by atoms with Gasteiger partial charge < -0.3 is 9.47 Å². The summed E-state index contributed by atoms with van der Waals surface area (Å²) in [7, 11) is 0.912. The number of benzene rings is 1. The lowest BCUT2D eigenvalue weighted by molar-refractivity contribution is -0.146. The van der Waals surface area contributed by atoms with Crippen LogP contribution < -0.4 is 0 Å². The van der Waals surface area contributed by atoms with Gasteiger partial charge in [0.2, 0.25) is 0 Å². The zero-order valence-electron chi connectivity index (χ0n) is 19.1. The Morgan fingerprint density at radius 2 is 1.94 bits per heavy atom. The Morgan fingerprint density at radius 1 is 1.25 bits per heavy atom. The molecule has 0 saturated carbocycles. The highest BCUT2D eigenvalue weighted by Crippen LogP contribution is 2.48. The van der Waals surface area contributed by atoms with Crippen LogP contribution in [-0.4, -0.2) is 52.3 Å². The molecule has 36 heavy (non-hydrogen) atoms. The number of aliphatic imine (C=N–C) groups is 1. The van der Waals surface area contributed by atoms with Crippen molar-refractivity contribution >= 4 is 29.3 Å². The largest absolute Gasteiger partial charge is 0.468 e. The van der Waals surface area contributed by atoms with Crippen LogP contribution in [0.25, 0.3) is 0 Å². The van der Waals surface area contributed by atoms with E-state index in [0.29, 0.717) is 12.1 Å². The first kappa shape index (κ1) is 27.2. The van der Waals surface area contributed by atoms with Gasteiger partial charge in [0.25, 0.3) is 0 Å². The molecule has 2 aromatic rings. The summed E-state index contributed by atoms with van der Waals surface area (Å²) in [4.78, 5) is 33.8. The van der Waals surface area contributed by atoms with E-state index < -0.39 is 76.0 Å². The van der Waals surface area contributed by atoms with E-state index in [1.54, 1.807) is 0 Å². The summed E-state index contributed by atoms with van der Waals surface area (Å²) in [5.41, 5.74) is -4.23. The van der Waals surface area contributed by atoms with Crippen LogP contribution in [0, 0.1) is 11.7 Å². The molecule has 3 rings (SSSR count). The topological polar surface area (TPSA) is 95.7 Å². The van der Waals surface area contributed by atoms with Crippen LogP contribution in [0.15, 0.2) is 41.0 Å². The van der Waals surface area contributed by atoms with Gasteiger partial charge in [0.1, 0.15) is 31.1 Å². The maximum atomic E-state index is 15.3. The van der Waals surface area contributed by atoms with E-state index in [0.717, 1.165) is 18.1 Å². The molecule has 194 valence electrons. The highest BCUT2D eigenvalue weighted by molar-refractivity contribution is 6.31. The SMILES string of the molecule is COC(=O)C1C(CF)=NC(Cn2cncn2)=C(C(=O)OC(C)C)C1c1c(F)ccc(Cl)c1C(F)(F)F. The van der Waals surface area contributed by atoms with Crippen LogP contribution in [0.1, 0.15) is 30.9 Å². The van der Waals surface area contributed by atoms with Gasteiger partial charge in [-0.3, -0.25) is 9.79 Å². The van der Waals surface area contributed by atoms with Crippen molar-refractivity contribution in [3.8, 4) is 0 Å². The number of nitrogens with zero attached hydrogens (tertiary/aromatic N) is 4. The quantitative estimate of drug-likeness (QED) is 0.388. The van der Waals surface area contributed by atoms with Gasteiger partial charge in [0.15, 0.2) is 0 Å². The van der Waals surface area contributed by atoms with Crippen LogP contribution in [0.5, 0.6) is 0 Å². The molecule has 1 aromatic carbocycles. The van der Waals surface area contributed by atoms with Crippen molar-refractivity contribution in [3.63, 3.8) is 0 Å². The second-order valence-electron chi connectivity index (χ2n) is 7.94. The number of hydrogen-bond acceptors (Lipinski definition) is 7. The Kier molecular flexibility index (Phi) is 8.12. The van der Waals surface area contributed by atoms with E-state index in [-0.39, 0.29) is 12.2 Å². The molecule has 2 atom stereocenters. The number of ether oxygens (including phenoxy) is 2. The number of carbonyl (C=O) groups is 2. The molecular formula is C22H20ClF5N4O4. The van der Waals surface area contributed by atoms with Crippen LogP contribution in [0.4, 0.5) is 22.0 Å². The predicted molar refractivity (Wildman–Crippen MR) is 116 cm³/mol. The van der Waals surface area contributed by atoms with Crippen LogP contribution >= 0.6 is 11.6 Å². The number of halogens is 6. The molecule has 1 aromatic heterocycles. The highest BCUT2D eigenvalue weighted by atomic mass is 35.5. The average Bonchev–Trinajstić information content (AvgIpc) is 3.30. The summed E-state index contributed by atoms with van der Waals surface area (Å²) >= 11 is 5.84. The van der Waals surface area contributed by atoms with Crippen molar-refractivity contribution < 1.29 is 41.0 Å². The molecule has 2 unspecified atom stereocenters. The Labute approximate surface area is 206 Å². The first-order chi connectivity index (χ1) is 16.9. The number of alkyl halides is 4. The molecule has 0 fully saturated rings. The monoisotopic (exact) mass is 534 g/mol. The fourth-order valence-electron chi connectivity index (χ4n) is 3.94. The molecule has 0 N–H and O–H groups in total. The first-order valence-corrected chi connectivity index (χ1v) is 10.8. The van der Waals surface area contributed by atoms with Gasteiger partial charge in [-0.15, -0.1) is 0 Å². The minimum Gasteiger partial charge on any atom is -0.468 e. The van der Waals surface area contributed by atoms with Gasteiger partial charge in [0.05, 0.1) is 47.3 Å². The van der Waals surface area contributed by atoms with E-state index in [4.69, 9.17) is 21.1 Å². The molecule has 1 aliphatic heterocycles. The normalized spacial score (nSPS) is 18.3. The fourth-order valence-corrected chi connectivity index (χ4v) is 4.21. The van der Waals surface area contributed by atoms with Crippen molar-refractivity contribution in [1.82, 2.24) is 14.8 Å². The molecule has 8 nitrogen and oxygen atoms in total. The molecule has 14 heteroatoms. The molecule has 2 heterocycles. The number of carbonyl (C=O) groups excluding carboxylic acids is 2. The van der Waals surface area contributed by atoms with Crippen molar-refractivity contribution in [3.05, 3.63) is 58.0 Å². The summed E-state index contributed by atoms with van der Waals surface area (Å²) in [5.74, 6) is -7.82. The Bertz CT molecular complexity index is 1210. The number of methoxy groups -OCH3 is 1. The summed E-state index contributed by atoms with van der Waals surface area (Å²) < 4.78 is 83.0. The molecular weight excluding hydrogens is 515 g/mol. The summed E-state index contributed by atoms with van der Waals surface area (Å²) in [6.07, 6.45) is -3.61. The number of esters is 2. The minimum atomic E-state index is -5.21. The van der Waals surface area contributed by atoms with Gasteiger partial charge >= 0.3 is 18.1 Å². The van der Waals surface area contributed by atoms with Gasteiger partial charge in [-0.05, 0) is 26.0 Å². The second kappa shape index (κ2) is 10.7. The average molecular weight is 535 g/mol. The minimum absolute atomic E-state index is 0.295. The Hall–Kier alpha value is -3.35. The lowest BCUT2D eigenvalue weighted by Gasteiger charge is -2.34. The van der Waals surface area contributed by atoms with E-state index in [9.17, 15) is 27.2 Å². The van der Waals surface area contributed by atoms with E-state index in [2.05, 4.69) is 15.1 Å². The highest BCUT2D eigenvalue weighted by Gasteiger charge is 2.50. The molecule has 0 radical (unpaired) electrons. The van der Waals surface area contributed by atoms with Gasteiger partial charge in [-0.1, -0.05) is 11.6 Å². The van der Waals surface area contributed by atoms with Crippen molar-refractivity contribution in [2.75, 3.05) is 13.8 Å². The van der Waals surface area contributed by atoms with Gasteiger partial charge in [0, 0.05) is 11.5 Å². The summed E-state index contributed by atoms with van der Waals surface area (Å²) in [6.45, 7) is 1.16.